The van der Waals surface area contributed by atoms with E-state index in [0.717, 1.165) is 30.7 Å². The third kappa shape index (κ3) is 3.91. The van der Waals surface area contributed by atoms with Crippen LogP contribution in [0.15, 0.2) is 34.9 Å². The molecule has 1 aliphatic rings. The molecule has 0 saturated carbocycles. The molecule has 0 bridgehead atoms. The maximum Gasteiger partial charge on any atom is 0.265 e. The van der Waals surface area contributed by atoms with Gasteiger partial charge in [-0.05, 0) is 31.4 Å². The minimum atomic E-state index is -0.0146. The molecule has 0 spiro atoms. The molecule has 0 radical (unpaired) electrons. The standard InChI is InChI=1S/C20H21ClN4O2S/c1-12-17(28-20(22)24-12)19(26)25-8-4-6-14(11-25)18-23-10-15(27-18)9-13-5-2-3-7-16(13)21/h2-3,5,7,10,14H,4,6,8-9,11H2,1H3,(H2,22,24). The summed E-state index contributed by atoms with van der Waals surface area (Å²) in [6.07, 6.45) is 4.21. The summed E-state index contributed by atoms with van der Waals surface area (Å²) in [6.45, 7) is 3.12. The Morgan fingerprint density at radius 3 is 3.00 bits per heavy atom. The van der Waals surface area contributed by atoms with Gasteiger partial charge < -0.3 is 15.1 Å². The largest absolute Gasteiger partial charge is 0.445 e. The number of likely N-dealkylation sites (tertiary alicyclic amines) is 1. The minimum absolute atomic E-state index is 0.0146. The van der Waals surface area contributed by atoms with E-state index in [9.17, 15) is 4.79 Å². The van der Waals surface area contributed by atoms with Gasteiger partial charge in [0.05, 0.1) is 17.8 Å². The predicted octanol–water partition coefficient (Wildman–Crippen LogP) is 4.29. The van der Waals surface area contributed by atoms with E-state index in [-0.39, 0.29) is 11.8 Å². The first-order valence-electron chi connectivity index (χ1n) is 9.21. The van der Waals surface area contributed by atoms with Gasteiger partial charge in [-0.2, -0.15) is 0 Å². The first-order chi connectivity index (χ1) is 13.5. The summed E-state index contributed by atoms with van der Waals surface area (Å²) in [5.41, 5.74) is 7.44. The summed E-state index contributed by atoms with van der Waals surface area (Å²) in [5.74, 6) is 1.53. The summed E-state index contributed by atoms with van der Waals surface area (Å²) >= 11 is 7.48. The van der Waals surface area contributed by atoms with E-state index < -0.39 is 0 Å². The Morgan fingerprint density at radius 2 is 2.25 bits per heavy atom. The van der Waals surface area contributed by atoms with E-state index >= 15 is 0 Å². The number of nitrogen functional groups attached to an aromatic ring is 1. The van der Waals surface area contributed by atoms with Gasteiger partial charge in [0.25, 0.3) is 5.91 Å². The number of nitrogens with two attached hydrogens (primary N) is 1. The Balaban J connectivity index is 1.46. The Labute approximate surface area is 172 Å². The highest BCUT2D eigenvalue weighted by Crippen LogP contribution is 2.30. The van der Waals surface area contributed by atoms with Gasteiger partial charge in [0.2, 0.25) is 0 Å². The maximum absolute atomic E-state index is 12.9. The average Bonchev–Trinajstić information content (AvgIpc) is 3.29. The van der Waals surface area contributed by atoms with Crippen molar-refractivity contribution in [2.24, 2.45) is 0 Å². The third-order valence-electron chi connectivity index (χ3n) is 4.96. The quantitative estimate of drug-likeness (QED) is 0.685. The molecule has 2 aromatic heterocycles. The van der Waals surface area contributed by atoms with Crippen LogP contribution in [0, 0.1) is 6.92 Å². The lowest BCUT2D eigenvalue weighted by molar-refractivity contribution is 0.0702. The summed E-state index contributed by atoms with van der Waals surface area (Å²) in [5, 5.41) is 1.14. The molecule has 1 amide bonds. The van der Waals surface area contributed by atoms with Crippen LogP contribution in [-0.2, 0) is 6.42 Å². The molecular weight excluding hydrogens is 396 g/mol. The number of thiazole rings is 1. The highest BCUT2D eigenvalue weighted by Gasteiger charge is 2.30. The van der Waals surface area contributed by atoms with Crippen molar-refractivity contribution in [1.29, 1.82) is 0 Å². The van der Waals surface area contributed by atoms with Crippen molar-refractivity contribution < 1.29 is 9.21 Å². The predicted molar refractivity (Wildman–Crippen MR) is 110 cm³/mol. The van der Waals surface area contributed by atoms with E-state index in [2.05, 4.69) is 9.97 Å². The lowest BCUT2D eigenvalue weighted by Gasteiger charge is -2.31. The second-order valence-electron chi connectivity index (χ2n) is 6.99. The number of rotatable bonds is 4. The normalized spacial score (nSPS) is 17.1. The zero-order valence-electron chi connectivity index (χ0n) is 15.5. The van der Waals surface area contributed by atoms with Crippen molar-refractivity contribution in [3.8, 4) is 0 Å². The molecule has 8 heteroatoms. The van der Waals surface area contributed by atoms with Gasteiger partial charge in [-0.15, -0.1) is 0 Å². The molecule has 4 rings (SSSR count). The molecule has 3 aromatic rings. The van der Waals surface area contributed by atoms with Gasteiger partial charge in [-0.3, -0.25) is 4.79 Å². The van der Waals surface area contributed by atoms with E-state index in [1.54, 1.807) is 6.20 Å². The molecule has 6 nitrogen and oxygen atoms in total. The number of anilines is 1. The summed E-state index contributed by atoms with van der Waals surface area (Å²) in [4.78, 5) is 24.0. The molecule has 3 heterocycles. The number of aromatic nitrogens is 2. The number of hydrogen-bond acceptors (Lipinski definition) is 6. The monoisotopic (exact) mass is 416 g/mol. The van der Waals surface area contributed by atoms with Gasteiger partial charge in [0, 0.05) is 24.5 Å². The first-order valence-corrected chi connectivity index (χ1v) is 10.4. The molecule has 2 N–H and O–H groups in total. The van der Waals surface area contributed by atoms with Crippen molar-refractivity contribution in [1.82, 2.24) is 14.9 Å². The number of amides is 1. The van der Waals surface area contributed by atoms with Crippen LogP contribution in [0.2, 0.25) is 5.02 Å². The lowest BCUT2D eigenvalue weighted by Crippen LogP contribution is -2.39. The van der Waals surface area contributed by atoms with Crippen LogP contribution in [-0.4, -0.2) is 33.9 Å². The van der Waals surface area contributed by atoms with Crippen LogP contribution in [0.5, 0.6) is 0 Å². The molecule has 1 unspecified atom stereocenters. The minimum Gasteiger partial charge on any atom is -0.445 e. The SMILES string of the molecule is Cc1nc(N)sc1C(=O)N1CCCC(c2ncc(Cc3ccccc3Cl)o2)C1. The summed E-state index contributed by atoms with van der Waals surface area (Å²) in [7, 11) is 0. The first kappa shape index (κ1) is 19.0. The van der Waals surface area contributed by atoms with Crippen molar-refractivity contribution >= 4 is 34.0 Å². The highest BCUT2D eigenvalue weighted by molar-refractivity contribution is 7.17. The number of benzene rings is 1. The van der Waals surface area contributed by atoms with Crippen molar-refractivity contribution in [2.75, 3.05) is 18.8 Å². The molecule has 1 aliphatic heterocycles. The molecule has 146 valence electrons. The van der Waals surface area contributed by atoms with E-state index in [4.69, 9.17) is 21.8 Å². The van der Waals surface area contributed by atoms with Gasteiger partial charge >= 0.3 is 0 Å². The van der Waals surface area contributed by atoms with Crippen LogP contribution in [0.3, 0.4) is 0 Å². The Kier molecular flexibility index (Phi) is 5.37. The van der Waals surface area contributed by atoms with Gasteiger partial charge in [0.15, 0.2) is 11.0 Å². The number of carbonyl (C=O) groups is 1. The zero-order chi connectivity index (χ0) is 19.7. The topological polar surface area (TPSA) is 85.2 Å². The summed E-state index contributed by atoms with van der Waals surface area (Å²) < 4.78 is 6.01. The number of halogens is 1. The van der Waals surface area contributed by atoms with Crippen LogP contribution in [0.25, 0.3) is 0 Å². The molecular formula is C20H21ClN4O2S. The fourth-order valence-corrected chi connectivity index (χ4v) is 4.55. The number of nitrogens with zero attached hydrogens (tertiary/aromatic N) is 3. The fourth-order valence-electron chi connectivity index (χ4n) is 3.55. The van der Waals surface area contributed by atoms with Crippen molar-refractivity contribution in [2.45, 2.75) is 32.1 Å². The average molecular weight is 417 g/mol. The second kappa shape index (κ2) is 7.93. The van der Waals surface area contributed by atoms with Gasteiger partial charge in [0.1, 0.15) is 10.6 Å². The molecule has 1 saturated heterocycles. The maximum atomic E-state index is 12.9. The number of piperidine rings is 1. The van der Waals surface area contributed by atoms with Gasteiger partial charge in [-0.25, -0.2) is 9.97 Å². The van der Waals surface area contributed by atoms with E-state index in [1.807, 2.05) is 36.1 Å². The lowest BCUT2D eigenvalue weighted by atomic mass is 9.98. The number of carbonyl (C=O) groups excluding carboxylic acids is 1. The summed E-state index contributed by atoms with van der Waals surface area (Å²) in [6, 6.07) is 7.71. The van der Waals surface area contributed by atoms with Crippen molar-refractivity contribution in [3.05, 3.63) is 63.3 Å². The smallest absolute Gasteiger partial charge is 0.265 e. The Bertz CT molecular complexity index is 1000. The van der Waals surface area contributed by atoms with E-state index in [0.29, 0.717) is 39.6 Å². The molecule has 28 heavy (non-hydrogen) atoms. The Hall–Kier alpha value is -2.38. The van der Waals surface area contributed by atoms with Crippen LogP contribution in [0.4, 0.5) is 5.13 Å². The molecule has 1 aromatic carbocycles. The molecule has 1 atom stereocenters. The molecule has 0 aliphatic carbocycles. The highest BCUT2D eigenvalue weighted by atomic mass is 35.5. The number of hydrogen-bond donors (Lipinski definition) is 1. The third-order valence-corrected chi connectivity index (χ3v) is 6.30. The van der Waals surface area contributed by atoms with Crippen LogP contribution < -0.4 is 5.73 Å². The second-order valence-corrected chi connectivity index (χ2v) is 8.43. The van der Waals surface area contributed by atoms with Gasteiger partial charge in [-0.1, -0.05) is 41.1 Å². The fraction of sp³-hybridized carbons (Fsp3) is 0.350. The zero-order valence-corrected chi connectivity index (χ0v) is 17.1. The Morgan fingerprint density at radius 1 is 1.43 bits per heavy atom. The van der Waals surface area contributed by atoms with E-state index in [1.165, 1.54) is 11.3 Å². The van der Waals surface area contributed by atoms with Crippen molar-refractivity contribution in [3.63, 3.8) is 0 Å². The number of oxazole rings is 1. The molecule has 1 fully saturated rings. The number of aryl methyl sites for hydroxylation is 1. The van der Waals surface area contributed by atoms with Crippen LogP contribution in [0.1, 0.15) is 51.3 Å². The van der Waals surface area contributed by atoms with Crippen LogP contribution >= 0.6 is 22.9 Å².